The molecule has 0 aliphatic heterocycles. The van der Waals surface area contributed by atoms with Gasteiger partial charge in [-0.2, -0.15) is 0 Å². The fraction of sp³-hybridized carbons (Fsp3) is 0.444. The Hall–Kier alpha value is -1.74. The Morgan fingerprint density at radius 2 is 1.43 bits per heavy atom. The predicted octanol–water partition coefficient (Wildman–Crippen LogP) is 4.17. The molecule has 0 radical (unpaired) electrons. The Morgan fingerprint density at radius 1 is 0.810 bits per heavy atom. The highest BCUT2D eigenvalue weighted by Gasteiger charge is 2.00. The van der Waals surface area contributed by atoms with Gasteiger partial charge < -0.3 is 14.6 Å². The maximum absolute atomic E-state index is 8.77. The lowest BCUT2D eigenvalue weighted by molar-refractivity contribution is 0.201. The average molecular weight is 288 g/mol. The fourth-order valence-corrected chi connectivity index (χ4v) is 2.26. The van der Waals surface area contributed by atoms with E-state index in [4.69, 9.17) is 14.6 Å². The summed E-state index contributed by atoms with van der Waals surface area (Å²) in [5.74, 6) is 1.70. The standard InChI is InChI=1S/C18H24O3/c1-2-3-4-5-11-20-17-8-6-16-14-18(21-12-10-19)9-7-15(16)13-17/h6-9,13-14,19H,2-5,10-12H2,1H3. The van der Waals surface area contributed by atoms with Gasteiger partial charge in [-0.15, -0.1) is 0 Å². The monoisotopic (exact) mass is 288 g/mol. The van der Waals surface area contributed by atoms with Crippen LogP contribution in [0.15, 0.2) is 36.4 Å². The summed E-state index contributed by atoms with van der Waals surface area (Å²) >= 11 is 0. The third kappa shape index (κ3) is 4.94. The first kappa shape index (κ1) is 15.6. The number of aliphatic hydroxyl groups excluding tert-OH is 1. The molecule has 0 fully saturated rings. The SMILES string of the molecule is CCCCCCOc1ccc2cc(OCCO)ccc2c1. The molecule has 2 aromatic carbocycles. The lowest BCUT2D eigenvalue weighted by atomic mass is 10.1. The van der Waals surface area contributed by atoms with Gasteiger partial charge in [-0.3, -0.25) is 0 Å². The first-order valence-corrected chi connectivity index (χ1v) is 7.74. The van der Waals surface area contributed by atoms with E-state index in [9.17, 15) is 0 Å². The fourth-order valence-electron chi connectivity index (χ4n) is 2.26. The van der Waals surface area contributed by atoms with Gasteiger partial charge in [0, 0.05) is 0 Å². The minimum absolute atomic E-state index is 0.0306. The van der Waals surface area contributed by atoms with Gasteiger partial charge in [0.25, 0.3) is 0 Å². The molecule has 1 N–H and O–H groups in total. The maximum Gasteiger partial charge on any atom is 0.120 e. The van der Waals surface area contributed by atoms with Gasteiger partial charge in [-0.05, 0) is 41.5 Å². The topological polar surface area (TPSA) is 38.7 Å². The highest BCUT2D eigenvalue weighted by Crippen LogP contribution is 2.25. The number of hydrogen-bond donors (Lipinski definition) is 1. The van der Waals surface area contributed by atoms with Crippen LogP contribution in [0.25, 0.3) is 10.8 Å². The van der Waals surface area contributed by atoms with Gasteiger partial charge in [0.1, 0.15) is 18.1 Å². The second-order valence-corrected chi connectivity index (χ2v) is 5.15. The molecule has 0 amide bonds. The first-order chi connectivity index (χ1) is 10.3. The molecule has 0 aliphatic carbocycles. The van der Waals surface area contributed by atoms with E-state index in [-0.39, 0.29) is 6.61 Å². The second kappa shape index (κ2) is 8.53. The Kier molecular flexibility index (Phi) is 6.35. The lowest BCUT2D eigenvalue weighted by Crippen LogP contribution is -2.01. The third-order valence-corrected chi connectivity index (χ3v) is 3.41. The van der Waals surface area contributed by atoms with Crippen molar-refractivity contribution in [2.75, 3.05) is 19.8 Å². The second-order valence-electron chi connectivity index (χ2n) is 5.15. The minimum atomic E-state index is 0.0306. The van der Waals surface area contributed by atoms with Crippen molar-refractivity contribution in [3.05, 3.63) is 36.4 Å². The highest BCUT2D eigenvalue weighted by molar-refractivity contribution is 5.85. The summed E-state index contributed by atoms with van der Waals surface area (Å²) in [7, 11) is 0. The summed E-state index contributed by atoms with van der Waals surface area (Å²) in [5, 5.41) is 11.0. The van der Waals surface area contributed by atoms with E-state index in [2.05, 4.69) is 13.0 Å². The van der Waals surface area contributed by atoms with Crippen molar-refractivity contribution in [2.24, 2.45) is 0 Å². The number of benzene rings is 2. The van der Waals surface area contributed by atoms with Gasteiger partial charge >= 0.3 is 0 Å². The minimum Gasteiger partial charge on any atom is -0.494 e. The normalized spacial score (nSPS) is 10.8. The van der Waals surface area contributed by atoms with Crippen LogP contribution in [0.4, 0.5) is 0 Å². The molecular formula is C18H24O3. The predicted molar refractivity (Wildman–Crippen MR) is 86.2 cm³/mol. The molecule has 114 valence electrons. The van der Waals surface area contributed by atoms with E-state index in [0.29, 0.717) is 6.61 Å². The van der Waals surface area contributed by atoms with Crippen LogP contribution in [0.5, 0.6) is 11.5 Å². The molecule has 0 heterocycles. The van der Waals surface area contributed by atoms with E-state index in [1.165, 1.54) is 19.3 Å². The summed E-state index contributed by atoms with van der Waals surface area (Å²) in [6.45, 7) is 3.35. The van der Waals surface area contributed by atoms with E-state index in [0.717, 1.165) is 35.3 Å². The van der Waals surface area contributed by atoms with Crippen molar-refractivity contribution in [1.29, 1.82) is 0 Å². The quantitative estimate of drug-likeness (QED) is 0.704. The molecule has 3 heteroatoms. The first-order valence-electron chi connectivity index (χ1n) is 7.74. The van der Waals surface area contributed by atoms with Gasteiger partial charge in [0.05, 0.1) is 13.2 Å². The number of aliphatic hydroxyl groups is 1. The number of unbranched alkanes of at least 4 members (excludes halogenated alkanes) is 3. The van der Waals surface area contributed by atoms with Crippen LogP contribution in [-0.2, 0) is 0 Å². The zero-order valence-corrected chi connectivity index (χ0v) is 12.7. The van der Waals surface area contributed by atoms with Crippen LogP contribution in [0.2, 0.25) is 0 Å². The molecule has 0 atom stereocenters. The largest absolute Gasteiger partial charge is 0.494 e. The summed E-state index contributed by atoms with van der Waals surface area (Å²) in [6, 6.07) is 12.0. The molecule has 0 aromatic heterocycles. The smallest absolute Gasteiger partial charge is 0.120 e. The number of rotatable bonds is 9. The summed E-state index contributed by atoms with van der Waals surface area (Å²) in [6.07, 6.45) is 4.86. The molecule has 0 aliphatic rings. The lowest BCUT2D eigenvalue weighted by Gasteiger charge is -2.09. The third-order valence-electron chi connectivity index (χ3n) is 3.41. The van der Waals surface area contributed by atoms with Gasteiger partial charge in [-0.1, -0.05) is 38.3 Å². The van der Waals surface area contributed by atoms with Crippen LogP contribution < -0.4 is 9.47 Å². The van der Waals surface area contributed by atoms with Crippen LogP contribution in [0, 0.1) is 0 Å². The Balaban J connectivity index is 1.95. The van der Waals surface area contributed by atoms with Crippen LogP contribution in [0.1, 0.15) is 32.6 Å². The summed E-state index contributed by atoms with van der Waals surface area (Å²) < 4.78 is 11.2. The molecule has 2 rings (SSSR count). The van der Waals surface area contributed by atoms with E-state index >= 15 is 0 Å². The number of ether oxygens (including phenoxy) is 2. The molecule has 3 nitrogen and oxygen atoms in total. The Morgan fingerprint density at radius 3 is 2.00 bits per heavy atom. The zero-order valence-electron chi connectivity index (χ0n) is 12.7. The highest BCUT2D eigenvalue weighted by atomic mass is 16.5. The van der Waals surface area contributed by atoms with Crippen molar-refractivity contribution in [3.63, 3.8) is 0 Å². The van der Waals surface area contributed by atoms with Crippen LogP contribution in [-0.4, -0.2) is 24.9 Å². The molecule has 0 saturated heterocycles. The Bertz CT molecular complexity index is 551. The van der Waals surface area contributed by atoms with Crippen LogP contribution in [0.3, 0.4) is 0 Å². The maximum atomic E-state index is 8.77. The molecule has 0 unspecified atom stereocenters. The van der Waals surface area contributed by atoms with Crippen molar-refractivity contribution in [3.8, 4) is 11.5 Å². The van der Waals surface area contributed by atoms with Crippen molar-refractivity contribution < 1.29 is 14.6 Å². The average Bonchev–Trinajstić information content (AvgIpc) is 2.52. The van der Waals surface area contributed by atoms with Gasteiger partial charge in [-0.25, -0.2) is 0 Å². The molecule has 2 aromatic rings. The van der Waals surface area contributed by atoms with Crippen molar-refractivity contribution in [2.45, 2.75) is 32.6 Å². The van der Waals surface area contributed by atoms with Crippen LogP contribution >= 0.6 is 0 Å². The molecule has 0 saturated carbocycles. The summed E-state index contributed by atoms with van der Waals surface area (Å²) in [4.78, 5) is 0. The molecule has 0 spiro atoms. The van der Waals surface area contributed by atoms with Crippen molar-refractivity contribution >= 4 is 10.8 Å². The van der Waals surface area contributed by atoms with E-state index < -0.39 is 0 Å². The Labute approximate surface area is 126 Å². The van der Waals surface area contributed by atoms with Gasteiger partial charge in [0.15, 0.2) is 0 Å². The van der Waals surface area contributed by atoms with Gasteiger partial charge in [0.2, 0.25) is 0 Å². The number of hydrogen-bond acceptors (Lipinski definition) is 3. The summed E-state index contributed by atoms with van der Waals surface area (Å²) in [5.41, 5.74) is 0. The van der Waals surface area contributed by atoms with E-state index in [1.807, 2.05) is 30.3 Å². The zero-order chi connectivity index (χ0) is 14.9. The molecular weight excluding hydrogens is 264 g/mol. The van der Waals surface area contributed by atoms with Crippen molar-refractivity contribution in [1.82, 2.24) is 0 Å². The molecule has 21 heavy (non-hydrogen) atoms. The molecule has 0 bridgehead atoms. The van der Waals surface area contributed by atoms with E-state index in [1.54, 1.807) is 0 Å². The number of fused-ring (bicyclic) bond motifs is 1.